The third-order valence-electron chi connectivity index (χ3n) is 3.49. The summed E-state index contributed by atoms with van der Waals surface area (Å²) in [4.78, 5) is 11.5. The van der Waals surface area contributed by atoms with E-state index >= 15 is 0 Å². The number of hydrogen-bond acceptors (Lipinski definition) is 3. The van der Waals surface area contributed by atoms with E-state index in [2.05, 4.69) is 17.2 Å². The molecule has 22 heavy (non-hydrogen) atoms. The highest BCUT2D eigenvalue weighted by atomic mass is 16.5. The van der Waals surface area contributed by atoms with Crippen molar-refractivity contribution < 1.29 is 9.53 Å². The monoisotopic (exact) mass is 292 g/mol. The summed E-state index contributed by atoms with van der Waals surface area (Å²) in [6.45, 7) is 0. The van der Waals surface area contributed by atoms with Crippen molar-refractivity contribution in [3.63, 3.8) is 0 Å². The van der Waals surface area contributed by atoms with E-state index in [0.29, 0.717) is 5.56 Å². The molecule has 110 valence electrons. The molecule has 0 atom stereocenters. The first kappa shape index (κ1) is 14.1. The molecule has 0 saturated carbocycles. The Morgan fingerprint density at radius 2 is 1.68 bits per heavy atom. The van der Waals surface area contributed by atoms with Crippen molar-refractivity contribution in [2.75, 3.05) is 7.11 Å². The van der Waals surface area contributed by atoms with Crippen molar-refractivity contribution in [1.82, 2.24) is 9.78 Å². The van der Waals surface area contributed by atoms with Crippen LogP contribution < -0.4 is 0 Å². The zero-order valence-corrected chi connectivity index (χ0v) is 12.5. The first-order valence-electron chi connectivity index (χ1n) is 6.97. The molecule has 0 spiro atoms. The summed E-state index contributed by atoms with van der Waals surface area (Å²) in [5.74, 6) is -0.337. The molecule has 1 heterocycles. The summed E-state index contributed by atoms with van der Waals surface area (Å²) in [7, 11) is 3.28. The van der Waals surface area contributed by atoms with Gasteiger partial charge in [-0.2, -0.15) is 5.10 Å². The van der Waals surface area contributed by atoms with Crippen LogP contribution in [0.1, 0.15) is 10.4 Å². The Morgan fingerprint density at radius 1 is 1.00 bits per heavy atom. The van der Waals surface area contributed by atoms with Crippen LogP contribution in [0, 0.1) is 0 Å². The van der Waals surface area contributed by atoms with E-state index in [9.17, 15) is 4.79 Å². The number of carbonyl (C=O) groups is 1. The highest BCUT2D eigenvalue weighted by Crippen LogP contribution is 2.30. The van der Waals surface area contributed by atoms with Gasteiger partial charge in [0, 0.05) is 24.4 Å². The molecule has 0 aliphatic carbocycles. The number of benzene rings is 2. The molecule has 1 aromatic heterocycles. The molecule has 0 saturated heterocycles. The second-order valence-corrected chi connectivity index (χ2v) is 5.00. The number of rotatable bonds is 3. The largest absolute Gasteiger partial charge is 0.465 e. The Bertz CT molecular complexity index is 790. The molecule has 0 unspecified atom stereocenters. The molecule has 0 aliphatic rings. The topological polar surface area (TPSA) is 44.1 Å². The molecule has 0 N–H and O–H groups in total. The third kappa shape index (κ3) is 2.63. The lowest BCUT2D eigenvalue weighted by atomic mass is 10.0. The predicted molar refractivity (Wildman–Crippen MR) is 85.4 cm³/mol. The van der Waals surface area contributed by atoms with Gasteiger partial charge in [0.25, 0.3) is 0 Å². The molecular formula is C18H16N2O2. The van der Waals surface area contributed by atoms with Crippen molar-refractivity contribution in [3.8, 4) is 22.4 Å². The summed E-state index contributed by atoms with van der Waals surface area (Å²) in [5, 5.41) is 4.55. The first-order valence-corrected chi connectivity index (χ1v) is 6.97. The Kier molecular flexibility index (Phi) is 3.74. The van der Waals surface area contributed by atoms with Crippen LogP contribution in [-0.2, 0) is 11.8 Å². The number of methoxy groups -OCH3 is 1. The molecule has 0 aliphatic heterocycles. The van der Waals surface area contributed by atoms with Crippen molar-refractivity contribution in [2.45, 2.75) is 0 Å². The molecule has 0 amide bonds. The highest BCUT2D eigenvalue weighted by molar-refractivity contribution is 5.90. The normalized spacial score (nSPS) is 10.5. The van der Waals surface area contributed by atoms with Gasteiger partial charge >= 0.3 is 5.97 Å². The van der Waals surface area contributed by atoms with E-state index in [4.69, 9.17) is 4.74 Å². The molecule has 0 bridgehead atoms. The maximum Gasteiger partial charge on any atom is 0.337 e. The zero-order valence-electron chi connectivity index (χ0n) is 12.5. The smallest absolute Gasteiger partial charge is 0.337 e. The van der Waals surface area contributed by atoms with E-state index in [1.54, 1.807) is 16.8 Å². The minimum Gasteiger partial charge on any atom is -0.465 e. The Hall–Kier alpha value is -2.88. The molecule has 4 nitrogen and oxygen atoms in total. The van der Waals surface area contributed by atoms with Gasteiger partial charge in [-0.3, -0.25) is 4.68 Å². The van der Waals surface area contributed by atoms with Gasteiger partial charge in [0.2, 0.25) is 0 Å². The van der Waals surface area contributed by atoms with Crippen LogP contribution in [0.2, 0.25) is 0 Å². The first-order chi connectivity index (χ1) is 10.7. The quantitative estimate of drug-likeness (QED) is 0.693. The Balaban J connectivity index is 2.04. The van der Waals surface area contributed by atoms with Gasteiger partial charge in [0.15, 0.2) is 0 Å². The second kappa shape index (κ2) is 5.85. The summed E-state index contributed by atoms with van der Waals surface area (Å²) in [5.41, 5.74) is 4.57. The molecule has 0 fully saturated rings. The van der Waals surface area contributed by atoms with Crippen LogP contribution in [0.15, 0.2) is 60.8 Å². The molecule has 2 aromatic carbocycles. The van der Waals surface area contributed by atoms with E-state index in [1.807, 2.05) is 43.6 Å². The molecular weight excluding hydrogens is 276 g/mol. The van der Waals surface area contributed by atoms with E-state index in [-0.39, 0.29) is 5.97 Å². The lowest BCUT2D eigenvalue weighted by Gasteiger charge is -2.04. The standard InChI is InChI=1S/C18H16N2O2/c1-20-12-16(13-6-4-3-5-7-13)17(19-20)14-8-10-15(11-9-14)18(21)22-2/h3-12H,1-2H3. The molecule has 3 rings (SSSR count). The number of nitrogens with zero attached hydrogens (tertiary/aromatic N) is 2. The fourth-order valence-electron chi connectivity index (χ4n) is 2.41. The highest BCUT2D eigenvalue weighted by Gasteiger charge is 2.13. The maximum absolute atomic E-state index is 11.5. The number of carbonyl (C=O) groups excluding carboxylic acids is 1. The summed E-state index contributed by atoms with van der Waals surface area (Å²) < 4.78 is 6.52. The van der Waals surface area contributed by atoms with Crippen molar-refractivity contribution in [2.24, 2.45) is 7.05 Å². The van der Waals surface area contributed by atoms with Gasteiger partial charge in [-0.1, -0.05) is 42.5 Å². The number of aryl methyl sites for hydroxylation is 1. The summed E-state index contributed by atoms with van der Waals surface area (Å²) >= 11 is 0. The van der Waals surface area contributed by atoms with Crippen LogP contribution >= 0.6 is 0 Å². The fraction of sp³-hybridized carbons (Fsp3) is 0.111. The maximum atomic E-state index is 11.5. The van der Waals surface area contributed by atoms with Crippen molar-refractivity contribution in [3.05, 3.63) is 66.4 Å². The number of hydrogen-bond donors (Lipinski definition) is 0. The average molecular weight is 292 g/mol. The van der Waals surface area contributed by atoms with Gasteiger partial charge in [-0.15, -0.1) is 0 Å². The average Bonchev–Trinajstić information content (AvgIpc) is 2.97. The summed E-state index contributed by atoms with van der Waals surface area (Å²) in [6.07, 6.45) is 2.00. The van der Waals surface area contributed by atoms with Gasteiger partial charge in [-0.25, -0.2) is 4.79 Å². The number of esters is 1. The number of aromatic nitrogens is 2. The minimum absolute atomic E-state index is 0.337. The van der Waals surface area contributed by atoms with Gasteiger partial charge in [0.05, 0.1) is 12.7 Å². The zero-order chi connectivity index (χ0) is 15.5. The minimum atomic E-state index is -0.337. The van der Waals surface area contributed by atoms with Crippen molar-refractivity contribution >= 4 is 5.97 Å². The Labute approximate surface area is 129 Å². The lowest BCUT2D eigenvalue weighted by molar-refractivity contribution is 0.0601. The van der Waals surface area contributed by atoms with Crippen LogP contribution in [-0.4, -0.2) is 22.9 Å². The lowest BCUT2D eigenvalue weighted by Crippen LogP contribution is -2.00. The van der Waals surface area contributed by atoms with Gasteiger partial charge in [-0.05, 0) is 17.7 Å². The summed E-state index contributed by atoms with van der Waals surface area (Å²) in [6, 6.07) is 17.4. The van der Waals surface area contributed by atoms with Gasteiger partial charge in [0.1, 0.15) is 5.69 Å². The second-order valence-electron chi connectivity index (χ2n) is 5.00. The van der Waals surface area contributed by atoms with Crippen LogP contribution in [0.3, 0.4) is 0 Å². The van der Waals surface area contributed by atoms with E-state index in [1.165, 1.54) is 7.11 Å². The fourth-order valence-corrected chi connectivity index (χ4v) is 2.41. The van der Waals surface area contributed by atoms with Crippen LogP contribution in [0.5, 0.6) is 0 Å². The molecule has 0 radical (unpaired) electrons. The van der Waals surface area contributed by atoms with E-state index in [0.717, 1.165) is 22.4 Å². The predicted octanol–water partition coefficient (Wildman–Crippen LogP) is 3.54. The van der Waals surface area contributed by atoms with Crippen molar-refractivity contribution in [1.29, 1.82) is 0 Å². The molecule has 3 aromatic rings. The van der Waals surface area contributed by atoms with Crippen LogP contribution in [0.4, 0.5) is 0 Å². The molecule has 4 heteroatoms. The number of ether oxygens (including phenoxy) is 1. The van der Waals surface area contributed by atoms with Crippen LogP contribution in [0.25, 0.3) is 22.4 Å². The van der Waals surface area contributed by atoms with Gasteiger partial charge < -0.3 is 4.74 Å². The Morgan fingerprint density at radius 3 is 2.32 bits per heavy atom. The van der Waals surface area contributed by atoms with E-state index < -0.39 is 0 Å². The SMILES string of the molecule is COC(=O)c1ccc(-c2nn(C)cc2-c2ccccc2)cc1. The third-order valence-corrected chi connectivity index (χ3v) is 3.49.